The van der Waals surface area contributed by atoms with Crippen molar-refractivity contribution in [2.75, 3.05) is 26.3 Å². The van der Waals surface area contributed by atoms with E-state index in [1.165, 1.54) is 0 Å². The van der Waals surface area contributed by atoms with Gasteiger partial charge in [0.2, 0.25) is 0 Å². The maximum atomic E-state index is 12.5. The number of benzene rings is 2. The number of esters is 1. The maximum Gasteiger partial charge on any atom is 0.313 e. The van der Waals surface area contributed by atoms with E-state index in [1.807, 2.05) is 54.6 Å². The van der Waals surface area contributed by atoms with Crippen molar-refractivity contribution in [3.8, 4) is 11.5 Å². The molecule has 2 atom stereocenters. The molecule has 0 aliphatic carbocycles. The lowest BCUT2D eigenvalue weighted by Gasteiger charge is -2.29. The van der Waals surface area contributed by atoms with Crippen molar-refractivity contribution in [1.29, 1.82) is 0 Å². The zero-order valence-electron chi connectivity index (χ0n) is 16.2. The molecule has 0 N–H and O–H groups in total. The van der Waals surface area contributed by atoms with E-state index >= 15 is 0 Å². The van der Waals surface area contributed by atoms with Crippen LogP contribution in [0.15, 0.2) is 54.6 Å². The minimum atomic E-state index is -0.811. The first kappa shape index (κ1) is 19.9. The van der Waals surface area contributed by atoms with Crippen LogP contribution in [0, 0.1) is 0 Å². The van der Waals surface area contributed by atoms with E-state index in [2.05, 4.69) is 0 Å². The van der Waals surface area contributed by atoms with E-state index in [1.54, 1.807) is 18.7 Å². The van der Waals surface area contributed by atoms with Crippen molar-refractivity contribution in [1.82, 2.24) is 4.90 Å². The van der Waals surface area contributed by atoms with Gasteiger partial charge in [0.05, 0.1) is 19.1 Å². The molecule has 6 nitrogen and oxygen atoms in total. The van der Waals surface area contributed by atoms with Crippen molar-refractivity contribution in [2.24, 2.45) is 0 Å². The fourth-order valence-electron chi connectivity index (χ4n) is 2.95. The zero-order valence-corrected chi connectivity index (χ0v) is 16.2. The van der Waals surface area contributed by atoms with Crippen molar-refractivity contribution in [3.63, 3.8) is 0 Å². The van der Waals surface area contributed by atoms with Crippen LogP contribution in [0.25, 0.3) is 0 Å². The second-order valence-corrected chi connectivity index (χ2v) is 6.72. The number of hydrogen-bond acceptors (Lipinski definition) is 5. The summed E-state index contributed by atoms with van der Waals surface area (Å²) in [5.41, 5.74) is 0.802. The second-order valence-electron chi connectivity index (χ2n) is 6.72. The van der Waals surface area contributed by atoms with Gasteiger partial charge in [-0.2, -0.15) is 0 Å². The average Bonchev–Trinajstić information content (AvgIpc) is 2.74. The summed E-state index contributed by atoms with van der Waals surface area (Å²) in [6.07, 6.45) is -0.811. The van der Waals surface area contributed by atoms with Gasteiger partial charge >= 0.3 is 5.97 Å². The first-order valence-electron chi connectivity index (χ1n) is 9.44. The average molecular weight is 383 g/mol. The Labute approximate surface area is 165 Å². The van der Waals surface area contributed by atoms with Gasteiger partial charge in [0.15, 0.2) is 6.10 Å². The quantitative estimate of drug-likeness (QED) is 0.716. The summed E-state index contributed by atoms with van der Waals surface area (Å²) in [5, 5.41) is 0. The van der Waals surface area contributed by atoms with E-state index in [4.69, 9.17) is 14.2 Å². The van der Waals surface area contributed by atoms with Gasteiger partial charge in [-0.15, -0.1) is 0 Å². The Morgan fingerprint density at radius 2 is 1.54 bits per heavy atom. The summed E-state index contributed by atoms with van der Waals surface area (Å²) in [6.45, 7) is 5.46. The molecule has 0 radical (unpaired) electrons. The maximum absolute atomic E-state index is 12.5. The van der Waals surface area contributed by atoms with Crippen LogP contribution < -0.4 is 4.74 Å². The predicted molar refractivity (Wildman–Crippen MR) is 104 cm³/mol. The number of rotatable bonds is 6. The van der Waals surface area contributed by atoms with Gasteiger partial charge in [0.1, 0.15) is 11.5 Å². The molecule has 2 aromatic carbocycles. The van der Waals surface area contributed by atoms with E-state index in [9.17, 15) is 9.59 Å². The normalized spacial score (nSPS) is 16.1. The van der Waals surface area contributed by atoms with Gasteiger partial charge in [-0.1, -0.05) is 30.3 Å². The molecule has 6 heteroatoms. The van der Waals surface area contributed by atoms with Gasteiger partial charge in [-0.25, -0.2) is 0 Å². The molecule has 0 spiro atoms. The zero-order chi connectivity index (χ0) is 19.9. The first-order chi connectivity index (χ1) is 13.5. The molecule has 0 saturated carbocycles. The lowest BCUT2D eigenvalue weighted by Crippen LogP contribution is -2.46. The van der Waals surface area contributed by atoms with Crippen LogP contribution in [0.2, 0.25) is 0 Å². The Balaban J connectivity index is 1.55. The first-order valence-corrected chi connectivity index (χ1v) is 9.44. The molecule has 1 amide bonds. The summed E-state index contributed by atoms with van der Waals surface area (Å²) in [4.78, 5) is 26.5. The van der Waals surface area contributed by atoms with E-state index in [0.717, 1.165) is 11.3 Å². The summed E-state index contributed by atoms with van der Waals surface area (Å²) in [6, 6.07) is 16.8. The Kier molecular flexibility index (Phi) is 6.66. The summed E-state index contributed by atoms with van der Waals surface area (Å²) in [7, 11) is 0. The third-order valence-corrected chi connectivity index (χ3v) is 4.68. The van der Waals surface area contributed by atoms with Gasteiger partial charge in [-0.3, -0.25) is 9.59 Å². The number of carbonyl (C=O) groups excluding carboxylic acids is 2. The van der Waals surface area contributed by atoms with Gasteiger partial charge in [0.25, 0.3) is 5.91 Å². The molecule has 1 saturated heterocycles. The van der Waals surface area contributed by atoms with E-state index in [0.29, 0.717) is 32.1 Å². The molecule has 3 rings (SSSR count). The van der Waals surface area contributed by atoms with Crippen molar-refractivity contribution in [3.05, 3.63) is 60.2 Å². The summed E-state index contributed by atoms with van der Waals surface area (Å²) < 4.78 is 16.4. The Bertz CT molecular complexity index is 784. The van der Waals surface area contributed by atoms with Crippen LogP contribution in [0.5, 0.6) is 11.5 Å². The molecule has 0 bridgehead atoms. The van der Waals surface area contributed by atoms with Gasteiger partial charge in [0, 0.05) is 13.1 Å². The standard InChI is InChI=1S/C22H25NO5/c1-16(22(25)27-17(2)21(24)23-12-14-26-15-13-23)18-8-10-20(11-9-18)28-19-6-4-3-5-7-19/h3-11,16-17H,12-15H2,1-2H3/t16-,17-/m0/s1. The molecule has 1 aliphatic rings. The molecule has 0 unspecified atom stereocenters. The third kappa shape index (κ3) is 5.10. The van der Waals surface area contributed by atoms with E-state index in [-0.39, 0.29) is 5.91 Å². The number of hydrogen-bond donors (Lipinski definition) is 0. The highest BCUT2D eigenvalue weighted by Crippen LogP contribution is 2.25. The van der Waals surface area contributed by atoms with Crippen LogP contribution in [0.4, 0.5) is 0 Å². The third-order valence-electron chi connectivity index (χ3n) is 4.68. The molecular weight excluding hydrogens is 358 g/mol. The van der Waals surface area contributed by atoms with Crippen molar-refractivity contribution in [2.45, 2.75) is 25.9 Å². The number of morpholine rings is 1. The Morgan fingerprint density at radius 1 is 0.929 bits per heavy atom. The van der Waals surface area contributed by atoms with Gasteiger partial charge < -0.3 is 19.1 Å². The number of para-hydroxylation sites is 1. The molecule has 1 aliphatic heterocycles. The monoisotopic (exact) mass is 383 g/mol. The lowest BCUT2D eigenvalue weighted by atomic mass is 10.0. The number of nitrogens with zero attached hydrogens (tertiary/aromatic N) is 1. The molecular formula is C22H25NO5. The van der Waals surface area contributed by atoms with Crippen LogP contribution in [0.3, 0.4) is 0 Å². The lowest BCUT2D eigenvalue weighted by molar-refractivity contribution is -0.161. The molecule has 0 aromatic heterocycles. The second kappa shape index (κ2) is 9.37. The van der Waals surface area contributed by atoms with Crippen LogP contribution in [0.1, 0.15) is 25.3 Å². The Morgan fingerprint density at radius 3 is 2.18 bits per heavy atom. The van der Waals surface area contributed by atoms with Crippen LogP contribution in [-0.4, -0.2) is 49.2 Å². The number of amides is 1. The van der Waals surface area contributed by atoms with Crippen LogP contribution in [-0.2, 0) is 19.1 Å². The van der Waals surface area contributed by atoms with Gasteiger partial charge in [-0.05, 0) is 43.7 Å². The highest BCUT2D eigenvalue weighted by atomic mass is 16.5. The minimum absolute atomic E-state index is 0.185. The molecule has 28 heavy (non-hydrogen) atoms. The number of ether oxygens (including phenoxy) is 3. The highest BCUT2D eigenvalue weighted by molar-refractivity contribution is 5.85. The highest BCUT2D eigenvalue weighted by Gasteiger charge is 2.27. The largest absolute Gasteiger partial charge is 0.457 e. The molecule has 148 valence electrons. The fraction of sp³-hybridized carbons (Fsp3) is 0.364. The summed E-state index contributed by atoms with van der Waals surface area (Å²) in [5.74, 6) is 0.344. The Hall–Kier alpha value is -2.86. The molecule has 2 aromatic rings. The number of carbonyl (C=O) groups is 2. The smallest absolute Gasteiger partial charge is 0.313 e. The summed E-state index contributed by atoms with van der Waals surface area (Å²) >= 11 is 0. The van der Waals surface area contributed by atoms with Crippen LogP contribution >= 0.6 is 0 Å². The molecule has 1 heterocycles. The SMILES string of the molecule is C[C@H](OC(=O)[C@@H](C)c1ccc(Oc2ccccc2)cc1)C(=O)N1CCOCC1. The van der Waals surface area contributed by atoms with E-state index < -0.39 is 18.0 Å². The van der Waals surface area contributed by atoms with Crippen molar-refractivity contribution < 1.29 is 23.8 Å². The molecule has 1 fully saturated rings. The topological polar surface area (TPSA) is 65.1 Å². The predicted octanol–water partition coefficient (Wildman–Crippen LogP) is 3.37. The fourth-order valence-corrected chi connectivity index (χ4v) is 2.95. The van der Waals surface area contributed by atoms with Crippen molar-refractivity contribution >= 4 is 11.9 Å². The minimum Gasteiger partial charge on any atom is -0.457 e.